The van der Waals surface area contributed by atoms with Crippen molar-refractivity contribution in [3.8, 4) is 0 Å². The van der Waals surface area contributed by atoms with E-state index in [1.54, 1.807) is 6.92 Å². The Morgan fingerprint density at radius 3 is 2.45 bits per heavy atom. The van der Waals surface area contributed by atoms with E-state index < -0.39 is 45.8 Å². The third-order valence-electron chi connectivity index (χ3n) is 2.23. The van der Waals surface area contributed by atoms with E-state index in [1.165, 1.54) is 0 Å². The molecule has 0 aromatic carbocycles. The van der Waals surface area contributed by atoms with Crippen molar-refractivity contribution < 1.29 is 41.0 Å². The molecule has 0 amide bonds. The molecule has 0 aromatic rings. The molecule has 0 saturated carbocycles. The summed E-state index contributed by atoms with van der Waals surface area (Å²) in [5.41, 5.74) is -6.19. The van der Waals surface area contributed by atoms with E-state index >= 15 is 0 Å². The van der Waals surface area contributed by atoms with Crippen molar-refractivity contribution >= 4 is 21.9 Å². The van der Waals surface area contributed by atoms with E-state index in [0.29, 0.717) is 6.61 Å². The van der Waals surface area contributed by atoms with Gasteiger partial charge in [-0.1, -0.05) is 0 Å². The molecule has 0 aliphatic carbocycles. The van der Waals surface area contributed by atoms with Crippen LogP contribution in [0.4, 0.5) is 13.2 Å². The Hall–Kier alpha value is -1.36. The molecule has 0 spiro atoms. The molecule has 1 unspecified atom stereocenters. The van der Waals surface area contributed by atoms with Gasteiger partial charge in [-0.05, 0) is 19.2 Å². The van der Waals surface area contributed by atoms with Crippen LogP contribution in [0.3, 0.4) is 0 Å². The van der Waals surface area contributed by atoms with E-state index in [4.69, 9.17) is 4.74 Å². The van der Waals surface area contributed by atoms with Crippen molar-refractivity contribution in [2.75, 3.05) is 13.2 Å². The lowest BCUT2D eigenvalue weighted by molar-refractivity contribution is -0.218. The first kappa shape index (κ1) is 16.7. The average molecular weight is 318 g/mol. The molecule has 1 aliphatic rings. The van der Waals surface area contributed by atoms with Crippen molar-refractivity contribution in [3.05, 3.63) is 0 Å². The van der Waals surface area contributed by atoms with Crippen molar-refractivity contribution in [3.63, 3.8) is 0 Å². The number of carbonyl (C=O) groups excluding carboxylic acids is 1. The Bertz CT molecular complexity index is 508. The molecular weight excluding hydrogens is 307 g/mol. The number of nitrogens with zero attached hydrogens (tertiary/aromatic N) is 1. The first-order valence-corrected chi connectivity index (χ1v) is 6.76. The number of alkyl halides is 3. The fourth-order valence-electron chi connectivity index (χ4n) is 0.952. The summed E-state index contributed by atoms with van der Waals surface area (Å²) in [7, 11) is -5.87. The molecular formula is C9H11F3NO6S-. The Morgan fingerprint density at radius 2 is 2.00 bits per heavy atom. The molecule has 0 bridgehead atoms. The molecule has 0 aromatic heterocycles. The lowest BCUT2D eigenvalue weighted by Gasteiger charge is -2.12. The highest BCUT2D eigenvalue weighted by Crippen LogP contribution is 2.26. The maximum absolute atomic E-state index is 11.9. The fraction of sp³-hybridized carbons (Fsp3) is 0.778. The zero-order chi connectivity index (χ0) is 15.6. The number of halogens is 3. The van der Waals surface area contributed by atoms with Crippen molar-refractivity contribution in [1.29, 1.82) is 0 Å². The summed E-state index contributed by atoms with van der Waals surface area (Å²) in [4.78, 5) is 11.1. The Kier molecular flexibility index (Phi) is 4.64. The minimum Gasteiger partial charge on any atom is -0.861 e. The standard InChI is InChI=1S/C9H12F3NO6S/c1-8(5-19-8)4-18-7(15)3-2-6(14)13-20(16,17)9(10,11)12/h2-5H2,1H3,(H,13,14)/p-1. The fourth-order valence-corrected chi connectivity index (χ4v) is 1.42. The molecule has 1 heterocycles. The van der Waals surface area contributed by atoms with Crippen molar-refractivity contribution in [2.45, 2.75) is 30.9 Å². The number of sulfonamides is 1. The topological polar surface area (TPSA) is 108 Å². The maximum Gasteiger partial charge on any atom is 0.518 e. The SMILES string of the molecule is CC1(COC(=O)CC/C([O-])=N/S(=O)(=O)C(F)(F)F)CO1. The van der Waals surface area contributed by atoms with Gasteiger partial charge in [0.25, 0.3) is 0 Å². The first-order valence-electron chi connectivity index (χ1n) is 5.32. The second-order valence-corrected chi connectivity index (χ2v) is 5.90. The van der Waals surface area contributed by atoms with Crippen LogP contribution in [0.2, 0.25) is 0 Å². The summed E-state index contributed by atoms with van der Waals surface area (Å²) < 4.78 is 68.4. The molecule has 1 fully saturated rings. The number of hydrogen-bond donors (Lipinski definition) is 0. The monoisotopic (exact) mass is 318 g/mol. The lowest BCUT2D eigenvalue weighted by atomic mass is 10.2. The van der Waals surface area contributed by atoms with E-state index in [1.807, 2.05) is 4.40 Å². The van der Waals surface area contributed by atoms with E-state index in [9.17, 15) is 31.5 Å². The first-order chi connectivity index (χ1) is 8.95. The predicted octanol–water partition coefficient (Wildman–Crippen LogP) is -0.293. The van der Waals surface area contributed by atoms with Crippen molar-refractivity contribution in [2.24, 2.45) is 4.40 Å². The summed E-state index contributed by atoms with van der Waals surface area (Å²) >= 11 is 0. The van der Waals surface area contributed by atoms with E-state index in [-0.39, 0.29) is 6.61 Å². The van der Waals surface area contributed by atoms with Gasteiger partial charge in [0.15, 0.2) is 0 Å². The van der Waals surface area contributed by atoms with Crippen LogP contribution in [0.25, 0.3) is 0 Å². The second kappa shape index (κ2) is 5.56. The van der Waals surface area contributed by atoms with Gasteiger partial charge >= 0.3 is 21.5 Å². The highest BCUT2D eigenvalue weighted by molar-refractivity contribution is 7.91. The Labute approximate surface area is 112 Å². The molecule has 20 heavy (non-hydrogen) atoms. The van der Waals surface area contributed by atoms with Gasteiger partial charge in [0.2, 0.25) is 0 Å². The van der Waals surface area contributed by atoms with Gasteiger partial charge in [0.05, 0.1) is 6.61 Å². The highest BCUT2D eigenvalue weighted by atomic mass is 32.2. The normalized spacial score (nSPS) is 23.5. The second-order valence-electron chi connectivity index (χ2n) is 4.31. The van der Waals surface area contributed by atoms with Crippen LogP contribution in [0, 0.1) is 0 Å². The minimum absolute atomic E-state index is 0.0436. The predicted molar refractivity (Wildman–Crippen MR) is 57.0 cm³/mol. The van der Waals surface area contributed by atoms with Crippen LogP contribution in [-0.4, -0.2) is 44.6 Å². The number of epoxide rings is 1. The van der Waals surface area contributed by atoms with E-state index in [0.717, 1.165) is 0 Å². The largest absolute Gasteiger partial charge is 0.861 e. The maximum atomic E-state index is 11.9. The van der Waals surface area contributed by atoms with Gasteiger partial charge < -0.3 is 14.6 Å². The Balaban J connectivity index is 2.42. The summed E-state index contributed by atoms with van der Waals surface area (Å²) in [6, 6.07) is 0. The van der Waals surface area contributed by atoms with Crippen LogP contribution in [-0.2, 0) is 24.3 Å². The lowest BCUT2D eigenvalue weighted by Crippen LogP contribution is -2.27. The smallest absolute Gasteiger partial charge is 0.518 e. The number of hydrogen-bond acceptors (Lipinski definition) is 6. The number of esters is 1. The van der Waals surface area contributed by atoms with Crippen LogP contribution >= 0.6 is 0 Å². The number of carbonyl (C=O) groups is 1. The van der Waals surface area contributed by atoms with Gasteiger partial charge in [0.1, 0.15) is 12.2 Å². The van der Waals surface area contributed by atoms with E-state index in [2.05, 4.69) is 4.74 Å². The van der Waals surface area contributed by atoms with Gasteiger partial charge in [0, 0.05) is 6.42 Å². The summed E-state index contributed by atoms with van der Waals surface area (Å²) in [5.74, 6) is -2.41. The number of ether oxygens (including phenoxy) is 2. The molecule has 7 nitrogen and oxygen atoms in total. The zero-order valence-corrected chi connectivity index (χ0v) is 11.1. The molecule has 11 heteroatoms. The summed E-state index contributed by atoms with van der Waals surface area (Å²) in [6.07, 6.45) is -1.35. The molecule has 0 radical (unpaired) electrons. The third kappa shape index (κ3) is 4.96. The molecule has 116 valence electrons. The van der Waals surface area contributed by atoms with Crippen LogP contribution in [0.1, 0.15) is 19.8 Å². The van der Waals surface area contributed by atoms with Gasteiger partial charge in [-0.25, -0.2) is 0 Å². The molecule has 1 rings (SSSR count). The van der Waals surface area contributed by atoms with Gasteiger partial charge in [-0.2, -0.15) is 26.0 Å². The van der Waals surface area contributed by atoms with Crippen LogP contribution in [0.5, 0.6) is 0 Å². The summed E-state index contributed by atoms with van der Waals surface area (Å²) in [5, 5.41) is 10.9. The minimum atomic E-state index is -5.87. The van der Waals surface area contributed by atoms with Crippen LogP contribution < -0.4 is 5.11 Å². The number of rotatable bonds is 6. The molecule has 1 aliphatic heterocycles. The average Bonchev–Trinajstić information content (AvgIpc) is 3.00. The van der Waals surface area contributed by atoms with Crippen LogP contribution in [0.15, 0.2) is 4.40 Å². The van der Waals surface area contributed by atoms with Crippen molar-refractivity contribution in [1.82, 2.24) is 0 Å². The van der Waals surface area contributed by atoms with Gasteiger partial charge in [-0.15, -0.1) is 0 Å². The third-order valence-corrected chi connectivity index (χ3v) is 3.26. The summed E-state index contributed by atoms with van der Waals surface area (Å²) in [6.45, 7) is 2.05. The zero-order valence-electron chi connectivity index (χ0n) is 10.3. The Morgan fingerprint density at radius 1 is 1.45 bits per heavy atom. The molecule has 1 atom stereocenters. The molecule has 0 N–H and O–H groups in total. The quantitative estimate of drug-likeness (QED) is 0.288. The molecule has 1 saturated heterocycles. The highest BCUT2D eigenvalue weighted by Gasteiger charge is 2.45. The van der Waals surface area contributed by atoms with Gasteiger partial charge in [-0.3, -0.25) is 4.79 Å².